The van der Waals surface area contributed by atoms with Crippen molar-refractivity contribution in [1.82, 2.24) is 9.88 Å². The van der Waals surface area contributed by atoms with Crippen LogP contribution in [-0.4, -0.2) is 41.2 Å². The van der Waals surface area contributed by atoms with Crippen molar-refractivity contribution in [3.05, 3.63) is 16.1 Å². The van der Waals surface area contributed by atoms with Crippen molar-refractivity contribution >= 4 is 39.7 Å². The molecule has 2 rings (SSSR count). The van der Waals surface area contributed by atoms with Gasteiger partial charge in [0.05, 0.1) is 5.69 Å². The predicted molar refractivity (Wildman–Crippen MR) is 68.9 cm³/mol. The molecule has 5 nitrogen and oxygen atoms in total. The Hall–Kier alpha value is -1.11. The minimum atomic E-state index is -1.13. The Morgan fingerprint density at radius 3 is 3.12 bits per heavy atom. The van der Waals surface area contributed by atoms with E-state index < -0.39 is 6.09 Å². The van der Waals surface area contributed by atoms with E-state index in [-0.39, 0.29) is 0 Å². The number of nitrogens with one attached hydrogen (secondary N) is 1. The number of thiazole rings is 1. The number of amides is 1. The zero-order valence-corrected chi connectivity index (χ0v) is 10.8. The van der Waals surface area contributed by atoms with Gasteiger partial charge in [0.2, 0.25) is 0 Å². The fourth-order valence-corrected chi connectivity index (χ4v) is 2.81. The number of carbonyl (C=O) groups is 1. The molecule has 0 aliphatic carbocycles. The molecule has 2 heterocycles. The molecule has 1 aliphatic rings. The summed E-state index contributed by atoms with van der Waals surface area (Å²) in [6.07, 6.45) is 1.93. The van der Waals surface area contributed by atoms with Gasteiger partial charge < -0.3 is 10.0 Å². The van der Waals surface area contributed by atoms with E-state index in [1.165, 1.54) is 0 Å². The Morgan fingerprint density at radius 1 is 1.71 bits per heavy atom. The molecule has 0 spiro atoms. The summed E-state index contributed by atoms with van der Waals surface area (Å²) in [6.45, 7) is 1.81. The summed E-state index contributed by atoms with van der Waals surface area (Å²) in [5, 5.41) is 11.1. The molecule has 1 aromatic rings. The second-order valence-corrected chi connectivity index (χ2v) is 5.43. The van der Waals surface area contributed by atoms with Gasteiger partial charge in [-0.1, -0.05) is 29.0 Å². The van der Waals surface area contributed by atoms with Gasteiger partial charge in [0, 0.05) is 13.1 Å². The highest BCUT2D eigenvalue weighted by Crippen LogP contribution is 2.33. The number of hydrogen-bond donors (Lipinski definition) is 2. The van der Waals surface area contributed by atoms with Gasteiger partial charge >= 0.3 is 6.09 Å². The smallest absolute Gasteiger partial charge is 0.410 e. The first-order valence-electron chi connectivity index (χ1n) is 5.10. The SMILES string of the molecule is CN1CCC=C(c2nc(NC(=O)O)sc2Cl)C1. The quantitative estimate of drug-likeness (QED) is 0.869. The largest absolute Gasteiger partial charge is 0.465 e. The summed E-state index contributed by atoms with van der Waals surface area (Å²) in [5.74, 6) is 0. The van der Waals surface area contributed by atoms with Crippen LogP contribution in [0.5, 0.6) is 0 Å². The summed E-state index contributed by atoms with van der Waals surface area (Å²) in [6, 6.07) is 0. The number of likely N-dealkylation sites (N-methyl/N-ethyl adjacent to an activating group) is 1. The van der Waals surface area contributed by atoms with Gasteiger partial charge in [-0.15, -0.1) is 0 Å². The number of nitrogens with zero attached hydrogens (tertiary/aromatic N) is 2. The molecule has 0 fully saturated rings. The minimum Gasteiger partial charge on any atom is -0.465 e. The summed E-state index contributed by atoms with van der Waals surface area (Å²) < 4.78 is 0.523. The highest BCUT2D eigenvalue weighted by atomic mass is 35.5. The van der Waals surface area contributed by atoms with Crippen molar-refractivity contribution in [2.24, 2.45) is 0 Å². The van der Waals surface area contributed by atoms with Crippen LogP contribution in [0.25, 0.3) is 5.57 Å². The van der Waals surface area contributed by atoms with E-state index in [9.17, 15) is 4.79 Å². The van der Waals surface area contributed by atoms with Crippen LogP contribution in [0.2, 0.25) is 4.34 Å². The van der Waals surface area contributed by atoms with Gasteiger partial charge in [-0.2, -0.15) is 0 Å². The van der Waals surface area contributed by atoms with Crippen LogP contribution in [0, 0.1) is 0 Å². The number of aromatic nitrogens is 1. The summed E-state index contributed by atoms with van der Waals surface area (Å²) in [4.78, 5) is 16.9. The van der Waals surface area contributed by atoms with E-state index in [4.69, 9.17) is 16.7 Å². The van der Waals surface area contributed by atoms with Gasteiger partial charge in [0.25, 0.3) is 0 Å². The molecule has 0 unspecified atom stereocenters. The Balaban J connectivity index is 2.23. The van der Waals surface area contributed by atoms with E-state index in [1.54, 1.807) is 0 Å². The van der Waals surface area contributed by atoms with Crippen LogP contribution in [0.1, 0.15) is 12.1 Å². The second kappa shape index (κ2) is 5.03. The molecule has 0 saturated carbocycles. The lowest BCUT2D eigenvalue weighted by Gasteiger charge is -2.21. The van der Waals surface area contributed by atoms with Crippen molar-refractivity contribution in [2.75, 3.05) is 25.5 Å². The van der Waals surface area contributed by atoms with Gasteiger partial charge in [-0.25, -0.2) is 9.78 Å². The van der Waals surface area contributed by atoms with Gasteiger partial charge in [0.15, 0.2) is 5.13 Å². The number of rotatable bonds is 2. The Labute approximate surface area is 108 Å². The maximum Gasteiger partial charge on any atom is 0.410 e. The van der Waals surface area contributed by atoms with Crippen LogP contribution >= 0.6 is 22.9 Å². The third-order valence-corrected chi connectivity index (χ3v) is 3.62. The molecule has 1 aliphatic heterocycles. The molecular formula is C10H12ClN3O2S. The Morgan fingerprint density at radius 2 is 2.47 bits per heavy atom. The molecule has 2 N–H and O–H groups in total. The molecule has 0 bridgehead atoms. The number of halogens is 1. The van der Waals surface area contributed by atoms with Gasteiger partial charge in [0.1, 0.15) is 4.34 Å². The molecule has 0 atom stereocenters. The first kappa shape index (κ1) is 12.3. The molecule has 1 aromatic heterocycles. The molecule has 0 aromatic carbocycles. The fraction of sp³-hybridized carbons (Fsp3) is 0.400. The molecule has 0 saturated heterocycles. The van der Waals surface area contributed by atoms with E-state index >= 15 is 0 Å². The highest BCUT2D eigenvalue weighted by molar-refractivity contribution is 7.19. The summed E-state index contributed by atoms with van der Waals surface area (Å²) in [5.41, 5.74) is 1.74. The van der Waals surface area contributed by atoms with Crippen molar-refractivity contribution < 1.29 is 9.90 Å². The summed E-state index contributed by atoms with van der Waals surface area (Å²) >= 11 is 7.21. The average Bonchev–Trinajstić information content (AvgIpc) is 2.58. The van der Waals surface area contributed by atoms with Crippen molar-refractivity contribution in [2.45, 2.75) is 6.42 Å². The molecule has 92 valence electrons. The standard InChI is InChI=1S/C10H12ClN3O2S/c1-14-4-2-3-6(5-14)7-8(11)17-9(12-7)13-10(15)16/h3H,2,4-5H2,1H3,(H,12,13)(H,15,16). The van der Waals surface area contributed by atoms with E-state index in [1.807, 2.05) is 7.05 Å². The predicted octanol–water partition coefficient (Wildman–Crippen LogP) is 2.61. The zero-order chi connectivity index (χ0) is 12.4. The number of carboxylic acid groups (broad SMARTS) is 1. The maximum absolute atomic E-state index is 10.5. The molecule has 0 radical (unpaired) electrons. The normalized spacial score (nSPS) is 16.7. The van der Waals surface area contributed by atoms with Crippen LogP contribution in [0.15, 0.2) is 6.08 Å². The Kier molecular flexibility index (Phi) is 3.66. The third-order valence-electron chi connectivity index (χ3n) is 2.45. The molecule has 17 heavy (non-hydrogen) atoms. The third kappa shape index (κ3) is 2.96. The van der Waals surface area contributed by atoms with E-state index in [0.29, 0.717) is 15.2 Å². The van der Waals surface area contributed by atoms with Crippen LogP contribution < -0.4 is 5.32 Å². The first-order valence-corrected chi connectivity index (χ1v) is 6.30. The maximum atomic E-state index is 10.5. The molecular weight excluding hydrogens is 262 g/mol. The monoisotopic (exact) mass is 273 g/mol. The Bertz CT molecular complexity index is 472. The fourth-order valence-electron chi connectivity index (χ4n) is 1.71. The van der Waals surface area contributed by atoms with Gasteiger partial charge in [-0.05, 0) is 19.0 Å². The lowest BCUT2D eigenvalue weighted by atomic mass is 10.1. The highest BCUT2D eigenvalue weighted by Gasteiger charge is 2.18. The van der Waals surface area contributed by atoms with E-state index in [2.05, 4.69) is 21.3 Å². The van der Waals surface area contributed by atoms with Crippen molar-refractivity contribution in [3.63, 3.8) is 0 Å². The second-order valence-electron chi connectivity index (χ2n) is 3.83. The van der Waals surface area contributed by atoms with E-state index in [0.717, 1.165) is 36.4 Å². The topological polar surface area (TPSA) is 65.5 Å². The lowest BCUT2D eigenvalue weighted by Crippen LogP contribution is -2.25. The average molecular weight is 274 g/mol. The number of hydrogen-bond acceptors (Lipinski definition) is 4. The van der Waals surface area contributed by atoms with Crippen LogP contribution in [0.3, 0.4) is 0 Å². The van der Waals surface area contributed by atoms with Crippen molar-refractivity contribution in [1.29, 1.82) is 0 Å². The summed E-state index contributed by atoms with van der Waals surface area (Å²) in [7, 11) is 2.03. The molecule has 1 amide bonds. The zero-order valence-electron chi connectivity index (χ0n) is 9.23. The van der Waals surface area contributed by atoms with Crippen LogP contribution in [0.4, 0.5) is 9.93 Å². The van der Waals surface area contributed by atoms with Crippen LogP contribution in [-0.2, 0) is 0 Å². The first-order chi connectivity index (χ1) is 8.06. The van der Waals surface area contributed by atoms with Crippen molar-refractivity contribution in [3.8, 4) is 0 Å². The minimum absolute atomic E-state index is 0.312. The number of anilines is 1. The lowest BCUT2D eigenvalue weighted by molar-refractivity contribution is 0.209. The molecule has 7 heteroatoms. The van der Waals surface area contributed by atoms with Gasteiger partial charge in [-0.3, -0.25) is 5.32 Å².